The molecule has 2 fully saturated rings. The summed E-state index contributed by atoms with van der Waals surface area (Å²) in [7, 11) is -9.85. The Bertz CT molecular complexity index is 1130. The van der Waals surface area contributed by atoms with Crippen LogP contribution in [0, 0.1) is 0 Å². The third-order valence-electron chi connectivity index (χ3n) is 6.44. The van der Waals surface area contributed by atoms with E-state index in [1.807, 2.05) is 0 Å². The van der Waals surface area contributed by atoms with E-state index in [-0.39, 0.29) is 26.4 Å². The minimum Gasteiger partial charge on any atom is -0.394 e. The normalized spacial score (nSPS) is 33.1. The summed E-state index contributed by atoms with van der Waals surface area (Å²) in [6.07, 6.45) is -20.2. The number of phosphoric ester groups is 2. The van der Waals surface area contributed by atoms with E-state index in [9.17, 15) is 55.1 Å². The number of hydrogen-bond acceptors (Lipinski definition) is 22. The highest BCUT2D eigenvalue weighted by atomic mass is 31.2. The molecule has 13 N–H and O–H groups in total. The van der Waals surface area contributed by atoms with Crippen molar-refractivity contribution in [2.75, 3.05) is 46.2 Å². The molecule has 28 heteroatoms. The summed E-state index contributed by atoms with van der Waals surface area (Å²) in [6, 6.07) is 0. The Morgan fingerprint density at radius 3 is 1.46 bits per heavy atom. The van der Waals surface area contributed by atoms with Crippen molar-refractivity contribution in [1.29, 1.82) is 0 Å². The molecule has 50 heavy (non-hydrogen) atoms. The molecule has 13 atom stereocenters. The van der Waals surface area contributed by atoms with E-state index in [1.165, 1.54) is 0 Å². The van der Waals surface area contributed by atoms with Gasteiger partial charge in [0, 0.05) is 0 Å². The van der Waals surface area contributed by atoms with E-state index in [4.69, 9.17) is 52.9 Å². The Kier molecular flexibility index (Phi) is 19.1. The molecule has 2 rings (SSSR count). The Labute approximate surface area is 282 Å². The number of nitrogens with zero attached hydrogens (tertiary/aromatic N) is 2. The number of rotatable bonds is 22. The van der Waals surface area contributed by atoms with Crippen LogP contribution in [0.1, 0.15) is 0 Å². The third-order valence-corrected chi connectivity index (χ3v) is 7.41. The van der Waals surface area contributed by atoms with Crippen molar-refractivity contribution in [3.8, 4) is 0 Å². The van der Waals surface area contributed by atoms with Crippen LogP contribution in [0.5, 0.6) is 0 Å². The number of aliphatic hydroxyl groups is 9. The van der Waals surface area contributed by atoms with E-state index < -0.39 is 115 Å². The maximum Gasteiger partial charge on any atom is 0.469 e. The minimum atomic E-state index is -4.92. The number of oxime groups is 2. The first-order valence-corrected chi connectivity index (χ1v) is 17.4. The molecule has 0 aromatic carbocycles. The molecular weight excluding hydrogens is 738 g/mol. The zero-order valence-corrected chi connectivity index (χ0v) is 27.5. The predicted molar refractivity (Wildman–Crippen MR) is 154 cm³/mol. The van der Waals surface area contributed by atoms with Crippen molar-refractivity contribution in [3.63, 3.8) is 0 Å². The van der Waals surface area contributed by atoms with Crippen LogP contribution in [-0.2, 0) is 51.5 Å². The highest BCUT2D eigenvalue weighted by molar-refractivity contribution is 7.46. The van der Waals surface area contributed by atoms with Gasteiger partial charge in [0.25, 0.3) is 0 Å². The van der Waals surface area contributed by atoms with Crippen LogP contribution in [0.2, 0.25) is 0 Å². The van der Waals surface area contributed by atoms with E-state index in [1.54, 1.807) is 0 Å². The Morgan fingerprint density at radius 1 is 0.640 bits per heavy atom. The molecule has 0 aromatic rings. The summed E-state index contributed by atoms with van der Waals surface area (Å²) in [5.74, 6) is 0. The van der Waals surface area contributed by atoms with E-state index >= 15 is 0 Å². The molecule has 26 nitrogen and oxygen atoms in total. The van der Waals surface area contributed by atoms with Gasteiger partial charge < -0.3 is 98.9 Å². The Balaban J connectivity index is 1.68. The van der Waals surface area contributed by atoms with Gasteiger partial charge in [-0.25, -0.2) is 9.13 Å². The molecule has 2 saturated heterocycles. The third kappa shape index (κ3) is 15.7. The molecule has 0 bridgehead atoms. The molecule has 2 heterocycles. The van der Waals surface area contributed by atoms with Crippen LogP contribution in [0.15, 0.2) is 10.3 Å². The first-order valence-electron chi connectivity index (χ1n) is 14.3. The average Bonchev–Trinajstić information content (AvgIpc) is 3.04. The maximum atomic E-state index is 10.9. The Hall–Kier alpha value is -1.40. The van der Waals surface area contributed by atoms with Crippen LogP contribution in [0.3, 0.4) is 0 Å². The van der Waals surface area contributed by atoms with Gasteiger partial charge in [-0.15, -0.1) is 0 Å². The first-order chi connectivity index (χ1) is 23.3. The van der Waals surface area contributed by atoms with E-state index in [2.05, 4.69) is 19.4 Å². The quantitative estimate of drug-likeness (QED) is 0.0160. The van der Waals surface area contributed by atoms with Gasteiger partial charge >= 0.3 is 15.6 Å². The van der Waals surface area contributed by atoms with Crippen molar-refractivity contribution in [2.45, 2.75) is 79.9 Å². The monoisotopic (exact) mass is 780 g/mol. The highest BCUT2D eigenvalue weighted by Gasteiger charge is 2.46. The number of hydrogen-bond donors (Lipinski definition) is 13. The molecule has 0 radical (unpaired) electrons. The lowest BCUT2D eigenvalue weighted by molar-refractivity contribution is -0.301. The van der Waals surface area contributed by atoms with Gasteiger partial charge in [-0.2, -0.15) is 0 Å². The fourth-order valence-electron chi connectivity index (χ4n) is 3.91. The SMILES string of the molecule is O=P(O)(O)OC[C@H]1OC(OCCO/N=C\C(O)C(O)OC(/C=N/OCCOC2O[C@H](COP(=O)(O)O)[C@@H](O)[C@H](O)[C@@H]2O)CO)[C@@H](O)[C@@H](O)[C@@H]1O. The standard InChI is InChI=1S/C22H42N2O24P2/c25-7-10(5-23-42-3-1-40-21-18(31)16(29)14(27)12(47-21)8-44-49(34,35)36)46-20(33)11(26)6-24-43-4-2-41-22-19(32)17(30)15(28)13(48-22)9-45-50(37,38)39/h5-6,10-22,25-33H,1-4,7-9H2,(H2,34,35,36)(H2,37,38,39)/b23-5+,24-6-/t10?,11?,12-,13-,14-,15-,16+,17+,18+,19+,20?,21?,22?/m1/s1. The fraction of sp³-hybridized carbons (Fsp3) is 0.909. The molecule has 0 aliphatic carbocycles. The van der Waals surface area contributed by atoms with Crippen LogP contribution in [0.4, 0.5) is 0 Å². The summed E-state index contributed by atoms with van der Waals surface area (Å²) < 4.78 is 55.9. The second-order valence-corrected chi connectivity index (χ2v) is 12.7. The summed E-state index contributed by atoms with van der Waals surface area (Å²) in [6.45, 7) is -3.77. The molecular formula is C22H42N2O24P2. The van der Waals surface area contributed by atoms with Gasteiger partial charge in [0.05, 0.1) is 45.5 Å². The summed E-state index contributed by atoms with van der Waals surface area (Å²) in [5, 5.41) is 95.9. The molecule has 0 aromatic heterocycles. The molecule has 0 amide bonds. The van der Waals surface area contributed by atoms with Crippen LogP contribution >= 0.6 is 15.6 Å². The smallest absolute Gasteiger partial charge is 0.394 e. The number of ether oxygens (including phenoxy) is 5. The van der Waals surface area contributed by atoms with Crippen LogP contribution in [-0.4, -0.2) is 204 Å². The van der Waals surface area contributed by atoms with E-state index in [0.29, 0.717) is 6.21 Å². The predicted octanol–water partition coefficient (Wildman–Crippen LogP) is -7.08. The van der Waals surface area contributed by atoms with Gasteiger partial charge in [0.15, 0.2) is 18.9 Å². The molecule has 5 unspecified atom stereocenters. The van der Waals surface area contributed by atoms with Gasteiger partial charge in [-0.05, 0) is 0 Å². The van der Waals surface area contributed by atoms with Gasteiger partial charge in [-0.1, -0.05) is 10.3 Å². The van der Waals surface area contributed by atoms with Crippen LogP contribution in [0.25, 0.3) is 0 Å². The molecule has 294 valence electrons. The van der Waals surface area contributed by atoms with Gasteiger partial charge in [0.1, 0.15) is 74.3 Å². The largest absolute Gasteiger partial charge is 0.469 e. The molecule has 0 saturated carbocycles. The van der Waals surface area contributed by atoms with Crippen molar-refractivity contribution in [1.82, 2.24) is 0 Å². The number of phosphoric acid groups is 2. The van der Waals surface area contributed by atoms with Gasteiger partial charge in [0.2, 0.25) is 0 Å². The summed E-state index contributed by atoms with van der Waals surface area (Å²) in [5.41, 5.74) is 0. The van der Waals surface area contributed by atoms with Crippen LogP contribution < -0.4 is 0 Å². The maximum absolute atomic E-state index is 10.9. The zero-order chi connectivity index (χ0) is 37.6. The minimum absolute atomic E-state index is 0.317. The zero-order valence-electron chi connectivity index (χ0n) is 25.7. The second kappa shape index (κ2) is 21.3. The lowest BCUT2D eigenvalue weighted by atomic mass is 9.99. The topological polar surface area (TPSA) is 405 Å². The average molecular weight is 781 g/mol. The van der Waals surface area contributed by atoms with Gasteiger partial charge in [-0.3, -0.25) is 9.05 Å². The first kappa shape index (κ1) is 44.8. The van der Waals surface area contributed by atoms with E-state index in [0.717, 1.165) is 6.21 Å². The summed E-state index contributed by atoms with van der Waals surface area (Å²) >= 11 is 0. The molecule has 2 aliphatic heterocycles. The molecule has 0 spiro atoms. The Morgan fingerprint density at radius 2 is 1.06 bits per heavy atom. The second-order valence-electron chi connectivity index (χ2n) is 10.3. The highest BCUT2D eigenvalue weighted by Crippen LogP contribution is 2.38. The van der Waals surface area contributed by atoms with Crippen molar-refractivity contribution in [2.24, 2.45) is 10.3 Å². The lowest BCUT2D eigenvalue weighted by Crippen LogP contribution is -2.59. The van der Waals surface area contributed by atoms with Crippen molar-refractivity contribution in [3.05, 3.63) is 0 Å². The van der Waals surface area contributed by atoms with Crippen molar-refractivity contribution >= 4 is 28.1 Å². The van der Waals surface area contributed by atoms with Crippen molar-refractivity contribution < 1.29 is 117 Å². The molecule has 2 aliphatic rings. The lowest BCUT2D eigenvalue weighted by Gasteiger charge is -2.40. The summed E-state index contributed by atoms with van der Waals surface area (Å²) in [4.78, 5) is 44.9. The number of aliphatic hydroxyl groups excluding tert-OH is 9. The fourth-order valence-corrected chi connectivity index (χ4v) is 4.59.